The molecule has 2 unspecified atom stereocenters. The second-order valence-electron chi connectivity index (χ2n) is 22.6. The molecule has 0 saturated carbocycles. The summed E-state index contributed by atoms with van der Waals surface area (Å²) in [4.78, 5) is 83.1. The van der Waals surface area contributed by atoms with E-state index in [2.05, 4.69) is 86.5 Å². The van der Waals surface area contributed by atoms with Crippen LogP contribution in [0.15, 0.2) is 144 Å². The van der Waals surface area contributed by atoms with Crippen LogP contribution in [0.2, 0.25) is 31.4 Å². The van der Waals surface area contributed by atoms with Gasteiger partial charge >= 0.3 is 0 Å². The van der Waals surface area contributed by atoms with Crippen LogP contribution >= 0.6 is 69.6 Å². The fraction of sp³-hybridized carbons (Fsp3) is 0.242. The van der Waals surface area contributed by atoms with E-state index in [1.165, 1.54) is 6.33 Å². The summed E-state index contributed by atoms with van der Waals surface area (Å²) < 4.78 is 18.9. The van der Waals surface area contributed by atoms with Crippen molar-refractivity contribution >= 4 is 147 Å². The first-order chi connectivity index (χ1) is 46.6. The number of anilines is 2. The Morgan fingerprint density at radius 3 is 1.47 bits per heavy atom. The van der Waals surface area contributed by atoms with Gasteiger partial charge < -0.3 is 30.1 Å². The van der Waals surface area contributed by atoms with Gasteiger partial charge in [-0.1, -0.05) is 96.0 Å². The lowest BCUT2D eigenvalue weighted by atomic mass is 10.0. The molecule has 10 aromatic heterocycles. The summed E-state index contributed by atoms with van der Waals surface area (Å²) in [6.45, 7) is 9.37. The molecule has 0 spiro atoms. The van der Waals surface area contributed by atoms with Crippen molar-refractivity contribution in [2.75, 3.05) is 23.8 Å². The van der Waals surface area contributed by atoms with Crippen molar-refractivity contribution in [2.24, 2.45) is 0 Å². The summed E-state index contributed by atoms with van der Waals surface area (Å²) in [5.74, 6) is 1.03. The molecule has 24 nitrogen and oxygen atoms in total. The highest BCUT2D eigenvalue weighted by molar-refractivity contribution is 6.35. The van der Waals surface area contributed by atoms with Gasteiger partial charge in [0.25, 0.3) is 11.1 Å². The zero-order valence-corrected chi connectivity index (χ0v) is 56.3. The molecule has 4 atom stereocenters. The van der Waals surface area contributed by atoms with Crippen molar-refractivity contribution in [1.29, 1.82) is 0 Å². The van der Waals surface area contributed by atoms with Gasteiger partial charge in [-0.05, 0) is 171 Å². The molecule has 96 heavy (non-hydrogen) atoms. The molecule has 2 aliphatic rings. The molecule has 30 heteroatoms. The average Bonchev–Trinajstić information content (AvgIpc) is 0.800. The van der Waals surface area contributed by atoms with Crippen molar-refractivity contribution in [2.45, 2.75) is 90.8 Å². The maximum atomic E-state index is 13.8. The maximum Gasteiger partial charge on any atom is 0.263 e. The van der Waals surface area contributed by atoms with Gasteiger partial charge in [-0.15, -0.1) is 0 Å². The minimum absolute atomic E-state index is 0.0317. The van der Waals surface area contributed by atoms with E-state index in [1.807, 2.05) is 140 Å². The fourth-order valence-corrected chi connectivity index (χ4v) is 13.0. The van der Waals surface area contributed by atoms with E-state index in [0.29, 0.717) is 73.7 Å². The lowest BCUT2D eigenvalue weighted by Gasteiger charge is -2.24. The smallest absolute Gasteiger partial charge is 0.263 e. The molecular weight excluding hydrogens is 1350 g/mol. The molecule has 0 aliphatic carbocycles. The molecule has 0 bridgehead atoms. The Labute approximate surface area is 576 Å². The number of para-hydroxylation sites is 2. The van der Waals surface area contributed by atoms with Gasteiger partial charge in [-0.3, -0.25) is 27.9 Å². The van der Waals surface area contributed by atoms with E-state index in [-0.39, 0.29) is 67.1 Å². The lowest BCUT2D eigenvalue weighted by Crippen LogP contribution is -2.26. The van der Waals surface area contributed by atoms with E-state index in [4.69, 9.17) is 79.1 Å². The largest absolute Gasteiger partial charge is 0.360 e. The molecule has 4 aromatic carbocycles. The average molecular weight is 1410 g/mol. The number of benzene rings is 4. The van der Waals surface area contributed by atoms with Crippen LogP contribution in [0.3, 0.4) is 0 Å². The van der Waals surface area contributed by atoms with Crippen LogP contribution in [-0.4, -0.2) is 101 Å². The van der Waals surface area contributed by atoms with Crippen molar-refractivity contribution in [3.8, 4) is 11.4 Å². The molecule has 4 N–H and O–H groups in total. The molecular formula is C66H58Cl6N20O4. The van der Waals surface area contributed by atoms with Gasteiger partial charge in [0.05, 0.1) is 48.2 Å². The van der Waals surface area contributed by atoms with Gasteiger partial charge in [-0.2, -0.15) is 29.9 Å². The summed E-state index contributed by atoms with van der Waals surface area (Å²) in [5.41, 5.74) is 9.60. The first-order valence-electron chi connectivity index (χ1n) is 30.6. The normalized spacial score (nSPS) is 15.4. The number of aromatic nitrogens is 18. The number of imidazole rings is 4. The first-order valence-corrected chi connectivity index (χ1v) is 32.9. The Kier molecular flexibility index (Phi) is 19.5. The highest BCUT2D eigenvalue weighted by Crippen LogP contribution is 2.34. The highest BCUT2D eigenvalue weighted by Gasteiger charge is 2.26. The summed E-state index contributed by atoms with van der Waals surface area (Å²) in [6, 6.07) is 34.6. The Morgan fingerprint density at radius 2 is 0.938 bits per heavy atom. The van der Waals surface area contributed by atoms with E-state index < -0.39 is 0 Å². The second-order valence-corrected chi connectivity index (χ2v) is 24.7. The van der Waals surface area contributed by atoms with Crippen LogP contribution in [0.1, 0.15) is 99.4 Å². The third-order valence-electron chi connectivity index (χ3n) is 16.3. The van der Waals surface area contributed by atoms with Gasteiger partial charge in [0, 0.05) is 36.0 Å². The number of nitrogens with one attached hydrogen (secondary N) is 4. The van der Waals surface area contributed by atoms with Gasteiger partial charge in [0.1, 0.15) is 29.0 Å². The number of ether oxygens (including phenoxy) is 2. The van der Waals surface area contributed by atoms with Crippen molar-refractivity contribution in [3.05, 3.63) is 209 Å². The number of aromatic amines is 2. The predicted molar refractivity (Wildman–Crippen MR) is 374 cm³/mol. The minimum Gasteiger partial charge on any atom is -0.360 e. The third-order valence-corrected chi connectivity index (χ3v) is 17.6. The topological polar surface area (TPSA) is 283 Å². The molecule has 488 valence electrons. The van der Waals surface area contributed by atoms with Crippen molar-refractivity contribution in [3.63, 3.8) is 0 Å². The first kappa shape index (κ1) is 65.4. The summed E-state index contributed by atoms with van der Waals surface area (Å²) in [7, 11) is 0. The minimum atomic E-state index is -0.303. The Bertz CT molecular complexity index is 5290. The monoisotopic (exact) mass is 1400 g/mol. The predicted octanol–water partition coefficient (Wildman–Crippen LogP) is 15.2. The molecule has 16 rings (SSSR count). The Balaban J connectivity index is 0.000000126. The third kappa shape index (κ3) is 13.6. The number of halogens is 6. The van der Waals surface area contributed by atoms with Gasteiger partial charge in [0.2, 0.25) is 21.1 Å². The summed E-state index contributed by atoms with van der Waals surface area (Å²) in [6.07, 6.45) is 12.5. The number of hydrogen-bond acceptors (Lipinski definition) is 18. The van der Waals surface area contributed by atoms with E-state index in [1.54, 1.807) is 28.1 Å². The quantitative estimate of drug-likeness (QED) is 0.0731. The van der Waals surface area contributed by atoms with Crippen molar-refractivity contribution in [1.82, 2.24) is 88.0 Å². The number of nitrogens with zero attached hydrogens (tertiary/aromatic N) is 16. The second kappa shape index (κ2) is 28.6. The summed E-state index contributed by atoms with van der Waals surface area (Å²) in [5, 5.41) is 11.1. The van der Waals surface area contributed by atoms with Crippen molar-refractivity contribution < 1.29 is 9.47 Å². The molecule has 0 radical (unpaired) electrons. The zero-order valence-electron chi connectivity index (χ0n) is 51.7. The van der Waals surface area contributed by atoms with Crippen LogP contribution in [0.4, 0.5) is 11.6 Å². The highest BCUT2D eigenvalue weighted by atomic mass is 35.5. The van der Waals surface area contributed by atoms with Crippen LogP contribution < -0.4 is 21.8 Å². The van der Waals surface area contributed by atoms with E-state index in [0.717, 1.165) is 89.8 Å². The standard InChI is InChI=1S/C28H27ClN6O2.C23H19ClN6O.C10H10Cl2N4O.C5H2Cl2N4/c1-17-9-8-10-19-15-21(35(27(36)23(17)19)20-11-4-3-5-12-20)18(2)31-25-24-26(33-28(29)32-25)34(16-30-24)22-13-6-7-14-37-22;1-13-7-6-8-15-11-17(30(22(31)18(13)15)16-9-4-3-5-10-16)14(2)27-21-19-20(26-12-25-19)28-23(24)29-21;11-8-7-9(15-10(12)14-8)16(5-13-7)6-3-1-2-4-17-6;6-3-2-4(9-1-8-2)11-5(7)10-3/h3-5,8-12,15-16,18,22H,6-7,13-14H2,1-2H3,(H,31,32,33);3-12,14H,1-2H3,(H2,25,26,27,28,29);5-6H,1-4H2;1H,(H,8,9,10,11)/t18-,22?;14-;;/m00../s1. The molecule has 2 aliphatic heterocycles. The van der Waals surface area contributed by atoms with Crippen LogP contribution in [0.25, 0.3) is 77.6 Å². The Hall–Kier alpha value is -9.24. The van der Waals surface area contributed by atoms with Crippen LogP contribution in [-0.2, 0) is 9.47 Å². The summed E-state index contributed by atoms with van der Waals surface area (Å²) >= 11 is 35.4. The van der Waals surface area contributed by atoms with E-state index >= 15 is 0 Å². The number of fused-ring (bicyclic) bond motifs is 6. The molecule has 12 heterocycles. The number of H-pyrrole nitrogens is 2. The van der Waals surface area contributed by atoms with E-state index in [9.17, 15) is 9.59 Å². The molecule has 14 aromatic rings. The van der Waals surface area contributed by atoms with Crippen LogP contribution in [0.5, 0.6) is 0 Å². The lowest BCUT2D eigenvalue weighted by molar-refractivity contribution is -0.0299. The van der Waals surface area contributed by atoms with Crippen LogP contribution in [0, 0.1) is 13.8 Å². The maximum absolute atomic E-state index is 13.8. The number of hydrogen-bond donors (Lipinski definition) is 4. The number of rotatable bonds is 10. The molecule has 2 fully saturated rings. The SMILES string of the molecule is Cc1cccc2cc([C@H](C)Nc3nc(Cl)nc4c3ncn4C3CCCCO3)n(-c3ccccc3)c(=O)c12.Cc1cccc2cc([C@H](C)Nc3nc(Cl)nc4nc[nH]c34)n(-c3ccccc3)c(=O)c12.Clc1nc(Cl)c2[nH]cnc2n1.Clc1nc(Cl)c2ncn(C3CCCCO3)c2n1. The molecule has 0 amide bonds. The molecule has 2 saturated heterocycles. The zero-order chi connectivity index (χ0) is 66.7. The Morgan fingerprint density at radius 1 is 0.490 bits per heavy atom. The fourth-order valence-electron chi connectivity index (χ4n) is 11.8. The van der Waals surface area contributed by atoms with Gasteiger partial charge in [-0.25, -0.2) is 29.9 Å². The van der Waals surface area contributed by atoms with Gasteiger partial charge in [0.15, 0.2) is 50.0 Å². The number of aryl methyl sites for hydroxylation is 2. The number of pyridine rings is 2.